The zero-order chi connectivity index (χ0) is 13.0. The number of nitrogens with one attached hydrogen (secondary N) is 1. The minimum Gasteiger partial charge on any atom is -0.385 e. The van der Waals surface area contributed by atoms with Gasteiger partial charge in [-0.25, -0.2) is 0 Å². The predicted octanol–water partition coefficient (Wildman–Crippen LogP) is -0.778. The van der Waals surface area contributed by atoms with Crippen LogP contribution in [0.25, 0.3) is 0 Å². The first kappa shape index (κ1) is 13.4. The molecule has 0 aromatic heterocycles. The van der Waals surface area contributed by atoms with Crippen LogP contribution in [0.4, 0.5) is 5.69 Å². The van der Waals surface area contributed by atoms with Gasteiger partial charge in [0.25, 0.3) is 0 Å². The Morgan fingerprint density at radius 3 is 2.41 bits per heavy atom. The van der Waals surface area contributed by atoms with Gasteiger partial charge in [-0.05, 0) is 18.3 Å². The molecule has 0 aliphatic carbocycles. The van der Waals surface area contributed by atoms with E-state index in [0.29, 0.717) is 5.69 Å². The Bertz CT molecular complexity index is 439. The zero-order valence-electron chi connectivity index (χ0n) is 8.83. The van der Waals surface area contributed by atoms with E-state index in [0.717, 1.165) is 0 Å². The molecule has 17 heavy (non-hydrogen) atoms. The Hall–Kier alpha value is -1.70. The Kier molecular flexibility index (Phi) is 4.38. The van der Waals surface area contributed by atoms with E-state index >= 15 is 0 Å². The third-order valence-corrected chi connectivity index (χ3v) is 2.23. The molecule has 0 spiro atoms. The zero-order valence-corrected chi connectivity index (χ0v) is 9.65. The van der Waals surface area contributed by atoms with Crippen LogP contribution >= 0.6 is 12.2 Å². The summed E-state index contributed by atoms with van der Waals surface area (Å²) in [5.41, 5.74) is 10.9. The molecule has 7 heteroatoms. The Labute approximate surface area is 103 Å². The quantitative estimate of drug-likeness (QED) is 0.450. The Morgan fingerprint density at radius 1 is 1.29 bits per heavy atom. The number of para-hydroxylation sites is 1. The number of aliphatic hydroxyl groups excluding tert-OH is 2. The van der Waals surface area contributed by atoms with Gasteiger partial charge in [0.1, 0.15) is 6.10 Å². The van der Waals surface area contributed by atoms with Crippen molar-refractivity contribution in [2.75, 3.05) is 5.32 Å². The molecule has 0 bridgehead atoms. The van der Waals surface area contributed by atoms with Crippen LogP contribution in [0.5, 0.6) is 0 Å². The summed E-state index contributed by atoms with van der Waals surface area (Å²) in [6.45, 7) is 0. The second-order valence-electron chi connectivity index (χ2n) is 3.37. The second kappa shape index (κ2) is 5.58. The number of hydrogen-bond acceptors (Lipinski definition) is 4. The number of rotatable bonds is 4. The first-order chi connectivity index (χ1) is 7.93. The second-order valence-corrected chi connectivity index (χ2v) is 3.81. The third-order valence-electron chi connectivity index (χ3n) is 2.13. The lowest BCUT2D eigenvalue weighted by atomic mass is 10.0. The fourth-order valence-electron chi connectivity index (χ4n) is 1.33. The molecule has 92 valence electrons. The lowest BCUT2D eigenvalue weighted by Gasteiger charge is -2.18. The largest absolute Gasteiger partial charge is 0.385 e. The molecule has 2 atom stereocenters. The number of primary amides is 1. The van der Waals surface area contributed by atoms with E-state index in [1.54, 1.807) is 18.2 Å². The van der Waals surface area contributed by atoms with Crippen LogP contribution in [-0.4, -0.2) is 27.3 Å². The average Bonchev–Trinajstić information content (AvgIpc) is 2.27. The highest BCUT2D eigenvalue weighted by atomic mass is 32.1. The maximum absolute atomic E-state index is 10.8. The van der Waals surface area contributed by atoms with Crippen molar-refractivity contribution in [1.82, 2.24) is 0 Å². The van der Waals surface area contributed by atoms with Gasteiger partial charge in [0.15, 0.2) is 11.2 Å². The first-order valence-corrected chi connectivity index (χ1v) is 5.15. The van der Waals surface area contributed by atoms with E-state index in [1.807, 2.05) is 0 Å². The van der Waals surface area contributed by atoms with Crippen LogP contribution < -0.4 is 16.8 Å². The van der Waals surface area contributed by atoms with E-state index in [-0.39, 0.29) is 10.7 Å². The summed E-state index contributed by atoms with van der Waals surface area (Å²) in [7, 11) is 0. The van der Waals surface area contributed by atoms with Crippen molar-refractivity contribution in [3.8, 4) is 0 Å². The van der Waals surface area contributed by atoms with Gasteiger partial charge >= 0.3 is 0 Å². The molecule has 0 aliphatic heterocycles. The van der Waals surface area contributed by atoms with Crippen LogP contribution in [-0.2, 0) is 4.79 Å². The van der Waals surface area contributed by atoms with Gasteiger partial charge < -0.3 is 27.0 Å². The van der Waals surface area contributed by atoms with E-state index in [9.17, 15) is 15.0 Å². The van der Waals surface area contributed by atoms with Crippen LogP contribution in [0, 0.1) is 0 Å². The van der Waals surface area contributed by atoms with Crippen LogP contribution in [0.15, 0.2) is 24.3 Å². The van der Waals surface area contributed by atoms with Crippen LogP contribution in [0.2, 0.25) is 0 Å². The number of anilines is 1. The number of thiocarbonyl (C=S) groups is 1. The number of aliphatic hydroxyl groups is 2. The van der Waals surface area contributed by atoms with Gasteiger partial charge in [0, 0.05) is 11.3 Å². The molecule has 1 aromatic rings. The molecule has 0 aliphatic rings. The fraction of sp³-hybridized carbons (Fsp3) is 0.200. The standard InChI is InChI=1S/C10H13N3O3S/c11-9(16)8(15)7(14)5-3-1-2-4-6(5)13-10(12)17/h1-4,7-8,14-15H,(H2,11,16)(H3,12,13,17). The van der Waals surface area contributed by atoms with Crippen molar-refractivity contribution in [3.05, 3.63) is 29.8 Å². The molecule has 0 heterocycles. The van der Waals surface area contributed by atoms with Gasteiger partial charge in [0.2, 0.25) is 5.91 Å². The van der Waals surface area contributed by atoms with Crippen molar-refractivity contribution < 1.29 is 15.0 Å². The van der Waals surface area contributed by atoms with Gasteiger partial charge in [-0.1, -0.05) is 18.2 Å². The summed E-state index contributed by atoms with van der Waals surface area (Å²) in [6, 6.07) is 6.45. The van der Waals surface area contributed by atoms with Crippen LogP contribution in [0.3, 0.4) is 0 Å². The summed E-state index contributed by atoms with van der Waals surface area (Å²) in [6.07, 6.45) is -3.13. The van der Waals surface area contributed by atoms with Gasteiger partial charge in [-0.15, -0.1) is 0 Å². The molecule has 0 saturated heterocycles. The Morgan fingerprint density at radius 2 is 1.88 bits per heavy atom. The van der Waals surface area contributed by atoms with E-state index in [1.165, 1.54) is 6.07 Å². The van der Waals surface area contributed by atoms with Gasteiger partial charge in [-0.3, -0.25) is 4.79 Å². The minimum absolute atomic E-state index is 0.0122. The molecule has 0 saturated carbocycles. The van der Waals surface area contributed by atoms with E-state index < -0.39 is 18.1 Å². The lowest BCUT2D eigenvalue weighted by Crippen LogP contribution is -2.34. The molecule has 1 rings (SSSR count). The molecule has 6 nitrogen and oxygen atoms in total. The topological polar surface area (TPSA) is 122 Å². The average molecular weight is 255 g/mol. The molecule has 1 amide bonds. The molecule has 7 N–H and O–H groups in total. The van der Waals surface area contributed by atoms with Crippen molar-refractivity contribution >= 4 is 28.9 Å². The van der Waals surface area contributed by atoms with Crippen LogP contribution in [0.1, 0.15) is 11.7 Å². The highest BCUT2D eigenvalue weighted by molar-refractivity contribution is 7.80. The monoisotopic (exact) mass is 255 g/mol. The minimum atomic E-state index is -1.69. The number of carbonyl (C=O) groups excluding carboxylic acids is 1. The summed E-state index contributed by atoms with van der Waals surface area (Å²) >= 11 is 4.67. The molecular weight excluding hydrogens is 242 g/mol. The number of carbonyl (C=O) groups is 1. The first-order valence-electron chi connectivity index (χ1n) is 4.74. The maximum atomic E-state index is 10.8. The Balaban J connectivity index is 3.04. The van der Waals surface area contributed by atoms with Crippen molar-refractivity contribution in [2.45, 2.75) is 12.2 Å². The van der Waals surface area contributed by atoms with E-state index in [2.05, 4.69) is 17.5 Å². The summed E-state index contributed by atoms with van der Waals surface area (Å²) in [5.74, 6) is -1.01. The SMILES string of the molecule is NC(=O)C(O)C(O)c1ccccc1NC(N)=S. The summed E-state index contributed by atoms with van der Waals surface area (Å²) in [4.78, 5) is 10.8. The molecule has 2 unspecified atom stereocenters. The molecule has 1 aromatic carbocycles. The smallest absolute Gasteiger partial charge is 0.249 e. The fourth-order valence-corrected chi connectivity index (χ4v) is 1.44. The van der Waals surface area contributed by atoms with Gasteiger partial charge in [0.05, 0.1) is 0 Å². The molecular formula is C10H13N3O3S. The number of hydrogen-bond donors (Lipinski definition) is 5. The highest BCUT2D eigenvalue weighted by Gasteiger charge is 2.25. The molecule has 0 fully saturated rings. The number of benzene rings is 1. The van der Waals surface area contributed by atoms with Crippen molar-refractivity contribution in [1.29, 1.82) is 0 Å². The lowest BCUT2D eigenvalue weighted by molar-refractivity contribution is -0.131. The van der Waals surface area contributed by atoms with Crippen molar-refractivity contribution in [2.24, 2.45) is 11.5 Å². The van der Waals surface area contributed by atoms with Gasteiger partial charge in [-0.2, -0.15) is 0 Å². The molecule has 0 radical (unpaired) electrons. The predicted molar refractivity (Wildman–Crippen MR) is 67.0 cm³/mol. The number of amides is 1. The highest BCUT2D eigenvalue weighted by Crippen LogP contribution is 2.25. The number of nitrogens with two attached hydrogens (primary N) is 2. The summed E-state index contributed by atoms with van der Waals surface area (Å²) in [5, 5.41) is 21.8. The van der Waals surface area contributed by atoms with E-state index in [4.69, 9.17) is 11.5 Å². The van der Waals surface area contributed by atoms with Crippen molar-refractivity contribution in [3.63, 3.8) is 0 Å². The maximum Gasteiger partial charge on any atom is 0.249 e. The third kappa shape index (κ3) is 3.38. The normalized spacial score (nSPS) is 13.8. The summed E-state index contributed by atoms with van der Waals surface area (Å²) < 4.78 is 0.